The van der Waals surface area contributed by atoms with E-state index in [1.807, 2.05) is 6.92 Å². The Hall–Kier alpha value is -1.82. The van der Waals surface area contributed by atoms with Gasteiger partial charge in [-0.2, -0.15) is 0 Å². The molecule has 0 unspecified atom stereocenters. The number of hydrogen-bond acceptors (Lipinski definition) is 4. The molecule has 0 amide bonds. The molecule has 0 atom stereocenters. The van der Waals surface area contributed by atoms with Gasteiger partial charge < -0.3 is 14.5 Å². The minimum absolute atomic E-state index is 0.211. The molecule has 0 aliphatic rings. The minimum atomic E-state index is -0.211. The Morgan fingerprint density at radius 3 is 2.65 bits per heavy atom. The Morgan fingerprint density at radius 1 is 1.30 bits per heavy atom. The van der Waals surface area contributed by atoms with Crippen molar-refractivity contribution in [3.63, 3.8) is 0 Å². The van der Waals surface area contributed by atoms with Crippen molar-refractivity contribution in [2.24, 2.45) is 0 Å². The SMILES string of the molecule is CCc1nc(-c2cc(OC)ccc2OC)[nH]c(=O)c1Br. The van der Waals surface area contributed by atoms with E-state index >= 15 is 0 Å². The van der Waals surface area contributed by atoms with Crippen molar-refractivity contribution < 1.29 is 9.47 Å². The molecule has 1 aromatic heterocycles. The Bertz CT molecular complexity index is 683. The van der Waals surface area contributed by atoms with Crippen LogP contribution in [0.5, 0.6) is 11.5 Å². The van der Waals surface area contributed by atoms with Gasteiger partial charge in [0.1, 0.15) is 21.8 Å². The van der Waals surface area contributed by atoms with Crippen molar-refractivity contribution in [1.82, 2.24) is 9.97 Å². The van der Waals surface area contributed by atoms with Crippen molar-refractivity contribution in [3.8, 4) is 22.9 Å². The van der Waals surface area contributed by atoms with Gasteiger partial charge in [-0.05, 0) is 40.5 Å². The van der Waals surface area contributed by atoms with Crippen LogP contribution in [0, 0.1) is 0 Å². The molecule has 5 nitrogen and oxygen atoms in total. The van der Waals surface area contributed by atoms with Crippen LogP contribution in [0.1, 0.15) is 12.6 Å². The summed E-state index contributed by atoms with van der Waals surface area (Å²) >= 11 is 3.25. The second-order valence-corrected chi connectivity index (χ2v) is 4.89. The zero-order valence-corrected chi connectivity index (χ0v) is 13.1. The highest BCUT2D eigenvalue weighted by Gasteiger charge is 2.13. The van der Waals surface area contributed by atoms with E-state index in [-0.39, 0.29) is 5.56 Å². The standard InChI is InChI=1S/C14H15BrN2O3/c1-4-10-12(15)14(18)17-13(16-10)9-7-8(19-2)5-6-11(9)20-3/h5-7H,4H2,1-3H3,(H,16,17,18). The van der Waals surface area contributed by atoms with Gasteiger partial charge in [0, 0.05) is 0 Å². The largest absolute Gasteiger partial charge is 0.497 e. The van der Waals surface area contributed by atoms with Crippen LogP contribution >= 0.6 is 15.9 Å². The van der Waals surface area contributed by atoms with Crippen LogP contribution in [-0.4, -0.2) is 24.2 Å². The predicted molar refractivity (Wildman–Crippen MR) is 80.5 cm³/mol. The first-order valence-corrected chi connectivity index (χ1v) is 6.91. The molecule has 6 heteroatoms. The number of H-pyrrole nitrogens is 1. The summed E-state index contributed by atoms with van der Waals surface area (Å²) in [6.07, 6.45) is 0.657. The topological polar surface area (TPSA) is 64.2 Å². The highest BCUT2D eigenvalue weighted by atomic mass is 79.9. The molecule has 0 aliphatic carbocycles. The lowest BCUT2D eigenvalue weighted by Crippen LogP contribution is -2.13. The van der Waals surface area contributed by atoms with Gasteiger partial charge in [-0.15, -0.1) is 0 Å². The number of benzene rings is 1. The van der Waals surface area contributed by atoms with E-state index in [9.17, 15) is 4.79 Å². The molecular formula is C14H15BrN2O3. The summed E-state index contributed by atoms with van der Waals surface area (Å²) < 4.78 is 11.0. The molecule has 0 aliphatic heterocycles. The van der Waals surface area contributed by atoms with Crippen LogP contribution in [0.15, 0.2) is 27.5 Å². The van der Waals surface area contributed by atoms with E-state index in [1.54, 1.807) is 32.4 Å². The lowest BCUT2D eigenvalue weighted by Gasteiger charge is -2.11. The molecule has 1 heterocycles. The highest BCUT2D eigenvalue weighted by Crippen LogP contribution is 2.31. The number of aryl methyl sites for hydroxylation is 1. The van der Waals surface area contributed by atoms with Crippen LogP contribution in [0.3, 0.4) is 0 Å². The first-order chi connectivity index (χ1) is 9.60. The second-order valence-electron chi connectivity index (χ2n) is 4.09. The quantitative estimate of drug-likeness (QED) is 0.930. The fourth-order valence-electron chi connectivity index (χ4n) is 1.87. The lowest BCUT2D eigenvalue weighted by atomic mass is 10.1. The summed E-state index contributed by atoms with van der Waals surface area (Å²) in [5.74, 6) is 1.76. The van der Waals surface area contributed by atoms with Crippen LogP contribution < -0.4 is 15.0 Å². The van der Waals surface area contributed by atoms with Gasteiger partial charge in [0.05, 0.1) is 25.5 Å². The molecule has 106 valence electrons. The Balaban J connectivity index is 2.67. The van der Waals surface area contributed by atoms with Crippen molar-refractivity contribution >= 4 is 15.9 Å². The number of methoxy groups -OCH3 is 2. The molecule has 2 rings (SSSR count). The number of aromatic amines is 1. The van der Waals surface area contributed by atoms with Crippen molar-refractivity contribution in [3.05, 3.63) is 38.7 Å². The number of nitrogens with one attached hydrogen (secondary N) is 1. The second kappa shape index (κ2) is 6.09. The molecule has 0 radical (unpaired) electrons. The van der Waals surface area contributed by atoms with Gasteiger partial charge in [-0.1, -0.05) is 6.92 Å². The first-order valence-electron chi connectivity index (χ1n) is 6.11. The number of rotatable bonds is 4. The normalized spacial score (nSPS) is 10.4. The summed E-state index contributed by atoms with van der Waals surface area (Å²) in [5.41, 5.74) is 1.18. The van der Waals surface area contributed by atoms with E-state index in [0.29, 0.717) is 39.5 Å². The first kappa shape index (κ1) is 14.6. The molecular weight excluding hydrogens is 324 g/mol. The highest BCUT2D eigenvalue weighted by molar-refractivity contribution is 9.10. The number of halogens is 1. The molecule has 2 aromatic rings. The molecule has 20 heavy (non-hydrogen) atoms. The summed E-state index contributed by atoms with van der Waals surface area (Å²) in [6, 6.07) is 5.35. The fourth-order valence-corrected chi connectivity index (χ4v) is 2.33. The van der Waals surface area contributed by atoms with Crippen molar-refractivity contribution in [1.29, 1.82) is 0 Å². The third-order valence-electron chi connectivity index (χ3n) is 2.93. The predicted octanol–water partition coefficient (Wildman–Crippen LogP) is 2.78. The maximum Gasteiger partial charge on any atom is 0.265 e. The number of aromatic nitrogens is 2. The third kappa shape index (κ3) is 2.70. The monoisotopic (exact) mass is 338 g/mol. The number of ether oxygens (including phenoxy) is 2. The van der Waals surface area contributed by atoms with Gasteiger partial charge in [0.25, 0.3) is 5.56 Å². The number of nitrogens with zero attached hydrogens (tertiary/aromatic N) is 1. The Labute approximate surface area is 125 Å². The van der Waals surface area contributed by atoms with E-state index in [2.05, 4.69) is 25.9 Å². The summed E-state index contributed by atoms with van der Waals surface area (Å²) in [5, 5.41) is 0. The van der Waals surface area contributed by atoms with Gasteiger partial charge in [0.2, 0.25) is 0 Å². The summed E-state index contributed by atoms with van der Waals surface area (Å²) in [7, 11) is 3.16. The molecule has 0 saturated heterocycles. The maximum atomic E-state index is 11.9. The molecule has 0 saturated carbocycles. The Morgan fingerprint density at radius 2 is 2.05 bits per heavy atom. The van der Waals surface area contributed by atoms with Gasteiger partial charge >= 0.3 is 0 Å². The molecule has 1 aromatic carbocycles. The molecule has 0 fully saturated rings. The van der Waals surface area contributed by atoms with Crippen LogP contribution in [0.4, 0.5) is 0 Å². The summed E-state index contributed by atoms with van der Waals surface area (Å²) in [6.45, 7) is 1.94. The molecule has 0 spiro atoms. The van der Waals surface area contributed by atoms with Gasteiger partial charge in [0.15, 0.2) is 0 Å². The van der Waals surface area contributed by atoms with E-state index in [1.165, 1.54) is 0 Å². The van der Waals surface area contributed by atoms with Crippen molar-refractivity contribution in [2.75, 3.05) is 14.2 Å². The van der Waals surface area contributed by atoms with E-state index < -0.39 is 0 Å². The van der Waals surface area contributed by atoms with Crippen LogP contribution in [-0.2, 0) is 6.42 Å². The molecule has 1 N–H and O–H groups in total. The average molecular weight is 339 g/mol. The minimum Gasteiger partial charge on any atom is -0.497 e. The summed E-state index contributed by atoms with van der Waals surface area (Å²) in [4.78, 5) is 19.1. The van der Waals surface area contributed by atoms with Crippen LogP contribution in [0.2, 0.25) is 0 Å². The average Bonchev–Trinajstić information content (AvgIpc) is 2.49. The van der Waals surface area contributed by atoms with E-state index in [0.717, 1.165) is 0 Å². The van der Waals surface area contributed by atoms with Crippen LogP contribution in [0.25, 0.3) is 11.4 Å². The van der Waals surface area contributed by atoms with Gasteiger partial charge in [-0.3, -0.25) is 4.79 Å². The third-order valence-corrected chi connectivity index (χ3v) is 3.75. The van der Waals surface area contributed by atoms with E-state index in [4.69, 9.17) is 9.47 Å². The molecule has 0 bridgehead atoms. The smallest absolute Gasteiger partial charge is 0.265 e. The lowest BCUT2D eigenvalue weighted by molar-refractivity contribution is 0.404. The zero-order valence-electron chi connectivity index (χ0n) is 11.5. The van der Waals surface area contributed by atoms with Crippen molar-refractivity contribution in [2.45, 2.75) is 13.3 Å². The number of hydrogen-bond donors (Lipinski definition) is 1. The zero-order chi connectivity index (χ0) is 14.7. The maximum absolute atomic E-state index is 11.9. The van der Waals surface area contributed by atoms with Gasteiger partial charge in [-0.25, -0.2) is 4.98 Å². The fraction of sp³-hybridized carbons (Fsp3) is 0.286. The Kier molecular flexibility index (Phi) is 4.44.